The standard InChI is InChI=1S/C7H17N3.H2/c1-9-4-6-10(3-2-8)7-5-9;/h2-8H2,1H3;1H. The van der Waals surface area contributed by atoms with Gasteiger partial charge >= 0.3 is 0 Å². The van der Waals surface area contributed by atoms with E-state index in [0.29, 0.717) is 0 Å². The fraction of sp³-hybridized carbons (Fsp3) is 1.00. The maximum Gasteiger partial charge on any atom is 0.0110 e. The quantitative estimate of drug-likeness (QED) is 0.565. The van der Waals surface area contributed by atoms with Gasteiger partial charge in [-0.3, -0.25) is 4.90 Å². The second-order valence-electron chi connectivity index (χ2n) is 2.93. The van der Waals surface area contributed by atoms with E-state index in [2.05, 4.69) is 16.8 Å². The number of nitrogens with two attached hydrogens (primary N) is 1. The highest BCUT2D eigenvalue weighted by Gasteiger charge is 2.11. The summed E-state index contributed by atoms with van der Waals surface area (Å²) in [5.74, 6) is 0. The highest BCUT2D eigenvalue weighted by molar-refractivity contribution is 4.68. The number of hydrogen-bond acceptors (Lipinski definition) is 3. The molecule has 1 saturated heterocycles. The number of hydrogen-bond donors (Lipinski definition) is 1. The zero-order chi connectivity index (χ0) is 7.40. The molecular formula is C7H19N3. The minimum Gasteiger partial charge on any atom is -0.329 e. The summed E-state index contributed by atoms with van der Waals surface area (Å²) < 4.78 is 0. The summed E-state index contributed by atoms with van der Waals surface area (Å²) in [6.07, 6.45) is 0. The lowest BCUT2D eigenvalue weighted by molar-refractivity contribution is 0.157. The van der Waals surface area contributed by atoms with Gasteiger partial charge < -0.3 is 10.6 Å². The van der Waals surface area contributed by atoms with E-state index < -0.39 is 0 Å². The number of likely N-dealkylation sites (N-methyl/N-ethyl adjacent to an activating group) is 1. The molecule has 1 aliphatic heterocycles. The van der Waals surface area contributed by atoms with E-state index in [4.69, 9.17) is 5.73 Å². The van der Waals surface area contributed by atoms with Crippen molar-refractivity contribution in [2.24, 2.45) is 5.73 Å². The van der Waals surface area contributed by atoms with Gasteiger partial charge in [-0.25, -0.2) is 0 Å². The van der Waals surface area contributed by atoms with E-state index in [1.165, 1.54) is 26.2 Å². The molecule has 0 radical (unpaired) electrons. The normalized spacial score (nSPS) is 23.4. The van der Waals surface area contributed by atoms with Crippen molar-refractivity contribution in [2.75, 3.05) is 46.3 Å². The van der Waals surface area contributed by atoms with Gasteiger partial charge in [-0.15, -0.1) is 0 Å². The maximum atomic E-state index is 5.44. The van der Waals surface area contributed by atoms with Crippen molar-refractivity contribution in [2.45, 2.75) is 0 Å². The summed E-state index contributed by atoms with van der Waals surface area (Å²) in [6, 6.07) is 0. The Bertz CT molecular complexity index is 91.7. The number of rotatable bonds is 2. The number of nitrogens with zero attached hydrogens (tertiary/aromatic N) is 2. The van der Waals surface area contributed by atoms with E-state index in [1.54, 1.807) is 0 Å². The van der Waals surface area contributed by atoms with Crippen LogP contribution in [-0.4, -0.2) is 56.1 Å². The minimum absolute atomic E-state index is 0. The zero-order valence-electron chi connectivity index (χ0n) is 6.71. The Hall–Kier alpha value is -0.120. The molecular weight excluding hydrogens is 126 g/mol. The van der Waals surface area contributed by atoms with Crippen LogP contribution in [0.1, 0.15) is 1.43 Å². The van der Waals surface area contributed by atoms with Crippen molar-refractivity contribution in [3.05, 3.63) is 0 Å². The van der Waals surface area contributed by atoms with Crippen LogP contribution in [0.4, 0.5) is 0 Å². The van der Waals surface area contributed by atoms with Crippen molar-refractivity contribution in [3.8, 4) is 0 Å². The van der Waals surface area contributed by atoms with Crippen LogP contribution in [0.3, 0.4) is 0 Å². The number of piperazine rings is 1. The van der Waals surface area contributed by atoms with E-state index in [1.807, 2.05) is 0 Å². The monoisotopic (exact) mass is 145 g/mol. The summed E-state index contributed by atoms with van der Waals surface area (Å²) in [7, 11) is 2.17. The zero-order valence-corrected chi connectivity index (χ0v) is 6.71. The predicted molar refractivity (Wildman–Crippen MR) is 45.1 cm³/mol. The summed E-state index contributed by atoms with van der Waals surface area (Å²) in [5, 5.41) is 0. The molecule has 0 atom stereocenters. The molecule has 0 bridgehead atoms. The molecule has 1 aliphatic rings. The van der Waals surface area contributed by atoms with Crippen LogP contribution in [0.25, 0.3) is 0 Å². The molecule has 2 N–H and O–H groups in total. The molecule has 0 saturated carbocycles. The first-order valence-corrected chi connectivity index (χ1v) is 3.94. The molecule has 1 fully saturated rings. The first kappa shape index (κ1) is 7.98. The third kappa shape index (κ3) is 2.25. The molecule has 0 aromatic rings. The van der Waals surface area contributed by atoms with Gasteiger partial charge in [-0.05, 0) is 7.05 Å². The van der Waals surface area contributed by atoms with Crippen molar-refractivity contribution in [1.29, 1.82) is 0 Å². The summed E-state index contributed by atoms with van der Waals surface area (Å²) in [6.45, 7) is 6.62. The Morgan fingerprint density at radius 1 is 1.30 bits per heavy atom. The molecule has 3 heteroatoms. The van der Waals surface area contributed by atoms with Crippen molar-refractivity contribution in [1.82, 2.24) is 9.80 Å². The van der Waals surface area contributed by atoms with Gasteiger partial charge in [0.2, 0.25) is 0 Å². The fourth-order valence-electron chi connectivity index (χ4n) is 1.25. The van der Waals surface area contributed by atoms with E-state index >= 15 is 0 Å². The van der Waals surface area contributed by atoms with E-state index in [0.717, 1.165) is 13.1 Å². The second-order valence-corrected chi connectivity index (χ2v) is 2.93. The molecule has 0 spiro atoms. The summed E-state index contributed by atoms with van der Waals surface area (Å²) in [4.78, 5) is 4.77. The Morgan fingerprint density at radius 2 is 1.90 bits per heavy atom. The van der Waals surface area contributed by atoms with Gasteiger partial charge in [0, 0.05) is 40.7 Å². The van der Waals surface area contributed by atoms with Gasteiger partial charge in [-0.2, -0.15) is 0 Å². The minimum atomic E-state index is 0. The van der Waals surface area contributed by atoms with E-state index in [-0.39, 0.29) is 1.43 Å². The first-order valence-electron chi connectivity index (χ1n) is 3.94. The van der Waals surface area contributed by atoms with Crippen molar-refractivity contribution < 1.29 is 1.43 Å². The third-order valence-corrected chi connectivity index (χ3v) is 2.04. The Morgan fingerprint density at radius 3 is 2.40 bits per heavy atom. The SMILES string of the molecule is CN1CCN(CCN)CC1.[HH]. The molecule has 0 amide bonds. The molecule has 1 rings (SSSR count). The fourth-order valence-corrected chi connectivity index (χ4v) is 1.25. The highest BCUT2D eigenvalue weighted by atomic mass is 15.2. The second kappa shape index (κ2) is 3.91. The lowest BCUT2D eigenvalue weighted by Gasteiger charge is -2.31. The highest BCUT2D eigenvalue weighted by Crippen LogP contribution is 1.96. The van der Waals surface area contributed by atoms with Gasteiger partial charge in [0.05, 0.1) is 0 Å². The maximum absolute atomic E-state index is 5.44. The smallest absolute Gasteiger partial charge is 0.0110 e. The molecule has 3 nitrogen and oxygen atoms in total. The Kier molecular flexibility index (Phi) is 3.12. The molecule has 0 unspecified atom stereocenters. The topological polar surface area (TPSA) is 32.5 Å². The molecule has 0 aromatic carbocycles. The van der Waals surface area contributed by atoms with Gasteiger partial charge in [0.1, 0.15) is 0 Å². The molecule has 1 heterocycles. The average Bonchev–Trinajstić information content (AvgIpc) is 1.95. The third-order valence-electron chi connectivity index (χ3n) is 2.04. The van der Waals surface area contributed by atoms with Gasteiger partial charge in [0.15, 0.2) is 0 Å². The Labute approximate surface area is 64.3 Å². The molecule has 10 heavy (non-hydrogen) atoms. The van der Waals surface area contributed by atoms with Gasteiger partial charge in [0.25, 0.3) is 0 Å². The van der Waals surface area contributed by atoms with E-state index in [9.17, 15) is 0 Å². The van der Waals surface area contributed by atoms with Crippen LogP contribution in [0.5, 0.6) is 0 Å². The molecule has 62 valence electrons. The van der Waals surface area contributed by atoms with Crippen molar-refractivity contribution in [3.63, 3.8) is 0 Å². The van der Waals surface area contributed by atoms with Crippen LogP contribution < -0.4 is 5.73 Å². The first-order chi connectivity index (χ1) is 4.83. The van der Waals surface area contributed by atoms with Crippen LogP contribution in [0.2, 0.25) is 0 Å². The predicted octanol–water partition coefficient (Wildman–Crippen LogP) is -0.561. The van der Waals surface area contributed by atoms with Crippen LogP contribution in [-0.2, 0) is 0 Å². The average molecular weight is 145 g/mol. The summed E-state index contributed by atoms with van der Waals surface area (Å²) in [5.41, 5.74) is 5.44. The molecule has 0 aliphatic carbocycles. The lowest BCUT2D eigenvalue weighted by atomic mass is 10.3. The largest absolute Gasteiger partial charge is 0.329 e. The summed E-state index contributed by atoms with van der Waals surface area (Å²) >= 11 is 0. The van der Waals surface area contributed by atoms with Gasteiger partial charge in [-0.1, -0.05) is 0 Å². The molecule has 0 aromatic heterocycles. The lowest BCUT2D eigenvalue weighted by Crippen LogP contribution is -2.45. The Balaban J connectivity index is 0.000001000. The van der Waals surface area contributed by atoms with Crippen LogP contribution in [0, 0.1) is 0 Å². The van der Waals surface area contributed by atoms with Crippen molar-refractivity contribution >= 4 is 0 Å². The van der Waals surface area contributed by atoms with Crippen LogP contribution >= 0.6 is 0 Å². The van der Waals surface area contributed by atoms with Crippen LogP contribution in [0.15, 0.2) is 0 Å².